The van der Waals surface area contributed by atoms with E-state index in [1.54, 1.807) is 18.2 Å². The summed E-state index contributed by atoms with van der Waals surface area (Å²) >= 11 is 0. The molecule has 0 saturated heterocycles. The third kappa shape index (κ3) is 3.68. The molecule has 0 aliphatic rings. The van der Waals surface area contributed by atoms with Gasteiger partial charge in [0, 0.05) is 6.42 Å². The molecular formula is C19H18N2O3. The number of aromatic nitrogens is 2. The van der Waals surface area contributed by atoms with E-state index >= 15 is 0 Å². The van der Waals surface area contributed by atoms with Gasteiger partial charge < -0.3 is 9.72 Å². The molecule has 24 heavy (non-hydrogen) atoms. The summed E-state index contributed by atoms with van der Waals surface area (Å²) in [5.74, 6) is 0.181. The van der Waals surface area contributed by atoms with Crippen LogP contribution in [0.3, 0.4) is 0 Å². The second-order valence-electron chi connectivity index (χ2n) is 5.62. The molecule has 2 aromatic carbocycles. The van der Waals surface area contributed by atoms with Crippen LogP contribution < -0.4 is 5.56 Å². The zero-order valence-corrected chi connectivity index (χ0v) is 13.4. The summed E-state index contributed by atoms with van der Waals surface area (Å²) in [6, 6.07) is 14.9. The molecule has 1 aromatic heterocycles. The summed E-state index contributed by atoms with van der Waals surface area (Å²) in [6.45, 7) is 2.24. The second kappa shape index (κ2) is 7.08. The zero-order chi connectivity index (χ0) is 16.9. The molecule has 1 N–H and O–H groups in total. The third-order valence-corrected chi connectivity index (χ3v) is 3.88. The van der Waals surface area contributed by atoms with Gasteiger partial charge in [0.2, 0.25) is 0 Å². The highest BCUT2D eigenvalue weighted by atomic mass is 16.5. The number of rotatable bonds is 5. The minimum absolute atomic E-state index is 0.174. The molecule has 0 saturated carbocycles. The van der Waals surface area contributed by atoms with E-state index in [4.69, 9.17) is 4.74 Å². The maximum Gasteiger partial charge on any atom is 0.306 e. The number of esters is 1. The van der Waals surface area contributed by atoms with Crippen LogP contribution in [0.5, 0.6) is 0 Å². The van der Waals surface area contributed by atoms with Gasteiger partial charge in [0.1, 0.15) is 12.4 Å². The number of aryl methyl sites for hydroxylation is 2. The lowest BCUT2D eigenvalue weighted by atomic mass is 10.1. The molecule has 0 spiro atoms. The fourth-order valence-electron chi connectivity index (χ4n) is 2.48. The van der Waals surface area contributed by atoms with E-state index in [1.807, 2.05) is 37.3 Å². The van der Waals surface area contributed by atoms with Gasteiger partial charge in [0.25, 0.3) is 5.56 Å². The average Bonchev–Trinajstić information content (AvgIpc) is 2.59. The van der Waals surface area contributed by atoms with Crippen molar-refractivity contribution in [2.24, 2.45) is 0 Å². The van der Waals surface area contributed by atoms with Crippen molar-refractivity contribution in [1.29, 1.82) is 0 Å². The Morgan fingerprint density at radius 1 is 1.12 bits per heavy atom. The highest BCUT2D eigenvalue weighted by Crippen LogP contribution is 2.10. The molecule has 122 valence electrons. The van der Waals surface area contributed by atoms with E-state index in [0.717, 1.165) is 11.1 Å². The van der Waals surface area contributed by atoms with Crippen molar-refractivity contribution >= 4 is 16.9 Å². The summed E-state index contributed by atoms with van der Waals surface area (Å²) in [7, 11) is 0. The third-order valence-electron chi connectivity index (χ3n) is 3.88. The molecule has 3 rings (SSSR count). The Balaban J connectivity index is 1.60. The van der Waals surface area contributed by atoms with Crippen molar-refractivity contribution in [1.82, 2.24) is 9.97 Å². The van der Waals surface area contributed by atoms with Gasteiger partial charge in [-0.1, -0.05) is 36.4 Å². The van der Waals surface area contributed by atoms with Crippen molar-refractivity contribution in [3.63, 3.8) is 0 Å². The van der Waals surface area contributed by atoms with Crippen LogP contribution in [0.1, 0.15) is 23.4 Å². The first-order chi connectivity index (χ1) is 11.6. The Kier molecular flexibility index (Phi) is 4.70. The minimum Gasteiger partial charge on any atom is -0.461 e. The number of nitrogens with zero attached hydrogens (tertiary/aromatic N) is 1. The molecule has 0 atom stereocenters. The molecule has 5 nitrogen and oxygen atoms in total. The van der Waals surface area contributed by atoms with Crippen LogP contribution in [-0.2, 0) is 22.6 Å². The van der Waals surface area contributed by atoms with Crippen molar-refractivity contribution in [3.8, 4) is 0 Å². The van der Waals surface area contributed by atoms with Crippen LogP contribution in [-0.4, -0.2) is 15.9 Å². The molecule has 0 aliphatic carbocycles. The van der Waals surface area contributed by atoms with Gasteiger partial charge in [-0.05, 0) is 30.2 Å². The largest absolute Gasteiger partial charge is 0.461 e. The van der Waals surface area contributed by atoms with Crippen molar-refractivity contribution in [3.05, 3.63) is 75.8 Å². The number of benzene rings is 2. The Labute approximate surface area is 139 Å². The minimum atomic E-state index is -0.311. The van der Waals surface area contributed by atoms with E-state index in [-0.39, 0.29) is 24.6 Å². The number of carbonyl (C=O) groups is 1. The number of hydrogen-bond acceptors (Lipinski definition) is 4. The predicted molar refractivity (Wildman–Crippen MR) is 91.7 cm³/mol. The van der Waals surface area contributed by atoms with Crippen molar-refractivity contribution < 1.29 is 9.53 Å². The van der Waals surface area contributed by atoms with Crippen LogP contribution in [0.2, 0.25) is 0 Å². The van der Waals surface area contributed by atoms with Crippen LogP contribution in [0.25, 0.3) is 10.9 Å². The molecular weight excluding hydrogens is 304 g/mol. The lowest BCUT2D eigenvalue weighted by Gasteiger charge is -2.07. The smallest absolute Gasteiger partial charge is 0.306 e. The lowest BCUT2D eigenvalue weighted by molar-refractivity contribution is -0.144. The van der Waals surface area contributed by atoms with Crippen LogP contribution in [0.4, 0.5) is 0 Å². The monoisotopic (exact) mass is 322 g/mol. The fourth-order valence-corrected chi connectivity index (χ4v) is 2.48. The SMILES string of the molecule is Cc1ccccc1COC(=O)CCc1nc2ccccc2c(=O)[nH]1. The number of fused-ring (bicyclic) bond motifs is 1. The van der Waals surface area contributed by atoms with E-state index in [2.05, 4.69) is 9.97 Å². The number of para-hydroxylation sites is 1. The van der Waals surface area contributed by atoms with Gasteiger partial charge in [0.15, 0.2) is 0 Å². The molecule has 0 fully saturated rings. The summed E-state index contributed by atoms with van der Waals surface area (Å²) in [6.07, 6.45) is 0.514. The van der Waals surface area contributed by atoms with Gasteiger partial charge >= 0.3 is 5.97 Å². The van der Waals surface area contributed by atoms with Gasteiger partial charge in [-0.25, -0.2) is 4.98 Å². The lowest BCUT2D eigenvalue weighted by Crippen LogP contribution is -2.14. The zero-order valence-electron chi connectivity index (χ0n) is 13.4. The Morgan fingerprint density at radius 2 is 1.88 bits per heavy atom. The summed E-state index contributed by atoms with van der Waals surface area (Å²) in [5.41, 5.74) is 2.52. The number of aromatic amines is 1. The standard InChI is InChI=1S/C19H18N2O3/c1-13-6-2-3-7-14(13)12-24-18(22)11-10-17-20-16-9-5-4-8-15(16)19(23)21-17/h2-9H,10-12H2,1H3,(H,20,21,23). The Hall–Kier alpha value is -2.95. The van der Waals surface area contributed by atoms with Gasteiger partial charge in [-0.2, -0.15) is 0 Å². The summed E-state index contributed by atoms with van der Waals surface area (Å²) in [4.78, 5) is 31.0. The fraction of sp³-hybridized carbons (Fsp3) is 0.211. The van der Waals surface area contributed by atoms with E-state index < -0.39 is 0 Å². The van der Waals surface area contributed by atoms with Crippen molar-refractivity contribution in [2.45, 2.75) is 26.4 Å². The number of hydrogen-bond donors (Lipinski definition) is 1. The quantitative estimate of drug-likeness (QED) is 0.733. The molecule has 1 heterocycles. The van der Waals surface area contributed by atoms with E-state index in [1.165, 1.54) is 0 Å². The summed E-state index contributed by atoms with van der Waals surface area (Å²) < 4.78 is 5.29. The van der Waals surface area contributed by atoms with Crippen LogP contribution in [0.15, 0.2) is 53.3 Å². The topological polar surface area (TPSA) is 72.0 Å². The number of H-pyrrole nitrogens is 1. The first-order valence-corrected chi connectivity index (χ1v) is 7.81. The highest BCUT2D eigenvalue weighted by Gasteiger charge is 2.08. The molecule has 5 heteroatoms. The van der Waals surface area contributed by atoms with Crippen molar-refractivity contribution in [2.75, 3.05) is 0 Å². The predicted octanol–water partition coefficient (Wildman–Crippen LogP) is 2.91. The molecule has 0 amide bonds. The Bertz CT molecular complexity index is 931. The molecule has 0 unspecified atom stereocenters. The van der Waals surface area contributed by atoms with Crippen LogP contribution >= 0.6 is 0 Å². The number of nitrogens with one attached hydrogen (secondary N) is 1. The first kappa shape index (κ1) is 15.9. The highest BCUT2D eigenvalue weighted by molar-refractivity contribution is 5.77. The van der Waals surface area contributed by atoms with Gasteiger partial charge in [-0.3, -0.25) is 9.59 Å². The maximum atomic E-state index is 12.0. The number of carbonyl (C=O) groups excluding carboxylic acids is 1. The molecule has 3 aromatic rings. The Morgan fingerprint density at radius 3 is 2.71 bits per heavy atom. The average molecular weight is 322 g/mol. The summed E-state index contributed by atoms with van der Waals surface area (Å²) in [5, 5.41) is 0.545. The van der Waals surface area contributed by atoms with Gasteiger partial charge in [0.05, 0.1) is 17.3 Å². The van der Waals surface area contributed by atoms with E-state index in [9.17, 15) is 9.59 Å². The number of ether oxygens (including phenoxy) is 1. The van der Waals surface area contributed by atoms with E-state index in [0.29, 0.717) is 23.1 Å². The van der Waals surface area contributed by atoms with Gasteiger partial charge in [-0.15, -0.1) is 0 Å². The molecule has 0 radical (unpaired) electrons. The maximum absolute atomic E-state index is 12.0. The second-order valence-corrected chi connectivity index (χ2v) is 5.62. The molecule has 0 aliphatic heterocycles. The first-order valence-electron chi connectivity index (χ1n) is 7.81. The normalized spacial score (nSPS) is 10.7. The molecule has 0 bridgehead atoms. The van der Waals surface area contributed by atoms with Crippen LogP contribution in [0, 0.1) is 6.92 Å².